The molecule has 0 fully saturated rings. The van der Waals surface area contributed by atoms with Crippen LogP contribution in [0.5, 0.6) is 11.5 Å². The number of carbonyl (C=O) groups excluding carboxylic acids is 2. The van der Waals surface area contributed by atoms with E-state index in [1.807, 2.05) is 0 Å². The number of nitrogens with zero attached hydrogens (tertiary/aromatic N) is 1. The SMILES string of the molecule is COc1cc(C(=O)CCC(=O)c2cc(CO)cc(-c3csc4c(F)cccc34)n2)ccc1OCCO. The zero-order chi connectivity index (χ0) is 25.7. The van der Waals surface area contributed by atoms with Gasteiger partial charge in [0.05, 0.1) is 30.7 Å². The third-order valence-corrected chi connectivity index (χ3v) is 6.60. The molecule has 0 saturated heterocycles. The van der Waals surface area contributed by atoms with Crippen LogP contribution in [0.2, 0.25) is 0 Å². The first-order chi connectivity index (χ1) is 17.4. The summed E-state index contributed by atoms with van der Waals surface area (Å²) in [6.45, 7) is -0.357. The van der Waals surface area contributed by atoms with Crippen molar-refractivity contribution >= 4 is 33.0 Å². The number of hydrogen-bond acceptors (Lipinski definition) is 8. The molecule has 186 valence electrons. The number of thiophene rings is 1. The second-order valence-electron chi connectivity index (χ2n) is 7.95. The summed E-state index contributed by atoms with van der Waals surface area (Å²) in [5, 5.41) is 21.1. The van der Waals surface area contributed by atoms with Gasteiger partial charge in [-0.2, -0.15) is 0 Å². The van der Waals surface area contributed by atoms with Crippen molar-refractivity contribution in [2.75, 3.05) is 20.3 Å². The van der Waals surface area contributed by atoms with Gasteiger partial charge in [0.2, 0.25) is 0 Å². The lowest BCUT2D eigenvalue weighted by Gasteiger charge is -2.11. The summed E-state index contributed by atoms with van der Waals surface area (Å²) in [6, 6.07) is 12.6. The second-order valence-corrected chi connectivity index (χ2v) is 8.83. The van der Waals surface area contributed by atoms with Crippen molar-refractivity contribution in [2.45, 2.75) is 19.4 Å². The molecule has 0 aliphatic carbocycles. The van der Waals surface area contributed by atoms with Crippen molar-refractivity contribution in [1.82, 2.24) is 4.98 Å². The Morgan fingerprint density at radius 2 is 1.83 bits per heavy atom. The van der Waals surface area contributed by atoms with Crippen molar-refractivity contribution < 1.29 is 33.7 Å². The fraction of sp³-hybridized carbons (Fsp3) is 0.222. The molecule has 9 heteroatoms. The Morgan fingerprint density at radius 3 is 2.58 bits per heavy atom. The van der Waals surface area contributed by atoms with E-state index in [2.05, 4.69) is 4.98 Å². The lowest BCUT2D eigenvalue weighted by atomic mass is 10.0. The molecule has 0 aliphatic rings. The highest BCUT2D eigenvalue weighted by Crippen LogP contribution is 2.35. The Labute approximate surface area is 210 Å². The maximum atomic E-state index is 14.1. The van der Waals surface area contributed by atoms with Crippen LogP contribution in [0.25, 0.3) is 21.3 Å². The van der Waals surface area contributed by atoms with Crippen LogP contribution in [-0.4, -0.2) is 47.1 Å². The number of ether oxygens (including phenoxy) is 2. The predicted molar refractivity (Wildman–Crippen MR) is 134 cm³/mol. The molecule has 36 heavy (non-hydrogen) atoms. The minimum atomic E-state index is -0.347. The molecule has 7 nitrogen and oxygen atoms in total. The smallest absolute Gasteiger partial charge is 0.181 e. The summed E-state index contributed by atoms with van der Waals surface area (Å²) in [6.07, 6.45) is -0.129. The normalized spacial score (nSPS) is 11.0. The zero-order valence-corrected chi connectivity index (χ0v) is 20.3. The van der Waals surface area contributed by atoms with E-state index in [0.717, 1.165) is 0 Å². The maximum Gasteiger partial charge on any atom is 0.181 e. The number of aliphatic hydroxyl groups excluding tert-OH is 2. The van der Waals surface area contributed by atoms with Crippen LogP contribution in [-0.2, 0) is 6.61 Å². The van der Waals surface area contributed by atoms with Crippen LogP contribution in [0.15, 0.2) is 53.9 Å². The quantitative estimate of drug-likeness (QED) is 0.279. The summed E-state index contributed by atoms with van der Waals surface area (Å²) >= 11 is 1.24. The van der Waals surface area contributed by atoms with Crippen molar-refractivity contribution in [1.29, 1.82) is 0 Å². The summed E-state index contributed by atoms with van der Waals surface area (Å²) in [5.41, 5.74) is 2.11. The third kappa shape index (κ3) is 5.43. The van der Waals surface area contributed by atoms with Gasteiger partial charge < -0.3 is 19.7 Å². The first-order valence-electron chi connectivity index (χ1n) is 11.2. The number of carbonyl (C=O) groups is 2. The molecule has 4 aromatic rings. The Kier molecular flexibility index (Phi) is 8.04. The molecule has 0 amide bonds. The van der Waals surface area contributed by atoms with Crippen molar-refractivity contribution in [3.63, 3.8) is 0 Å². The van der Waals surface area contributed by atoms with Crippen molar-refractivity contribution in [2.24, 2.45) is 0 Å². The number of Topliss-reactive ketones (excluding diaryl/α,β-unsaturated/α-hetero) is 2. The second kappa shape index (κ2) is 11.4. The standard InChI is InChI=1S/C27H24FNO6S/c1-34-26-13-17(5-8-25(26)35-10-9-30)23(32)6-7-24(33)22-12-16(14-31)11-21(29-22)19-15-36-27-18(19)3-2-4-20(27)28/h2-5,8,11-13,15,30-31H,6-7,9-10,14H2,1H3. The minimum absolute atomic E-state index is 0.0498. The van der Waals surface area contributed by atoms with Crippen LogP contribution >= 0.6 is 11.3 Å². The molecule has 2 aromatic carbocycles. The molecular formula is C27H24FNO6S. The summed E-state index contributed by atoms with van der Waals surface area (Å²) in [7, 11) is 1.45. The van der Waals surface area contributed by atoms with Gasteiger partial charge >= 0.3 is 0 Å². The van der Waals surface area contributed by atoms with Gasteiger partial charge in [-0.1, -0.05) is 12.1 Å². The Balaban J connectivity index is 1.53. The fourth-order valence-electron chi connectivity index (χ4n) is 3.80. The van der Waals surface area contributed by atoms with E-state index in [1.54, 1.807) is 35.7 Å². The number of aromatic nitrogens is 1. The maximum absolute atomic E-state index is 14.1. The zero-order valence-electron chi connectivity index (χ0n) is 19.5. The fourth-order valence-corrected chi connectivity index (χ4v) is 4.76. The predicted octanol–water partition coefficient (Wildman–Crippen LogP) is 4.82. The molecule has 2 aromatic heterocycles. The van der Waals surface area contributed by atoms with Gasteiger partial charge in [-0.05, 0) is 42.0 Å². The number of rotatable bonds is 11. The Hall–Kier alpha value is -3.66. The number of fused-ring (bicyclic) bond motifs is 1. The van der Waals surface area contributed by atoms with Gasteiger partial charge in [0.25, 0.3) is 0 Å². The first kappa shape index (κ1) is 25.4. The lowest BCUT2D eigenvalue weighted by Crippen LogP contribution is -2.09. The number of ketones is 2. The minimum Gasteiger partial charge on any atom is -0.493 e. The average molecular weight is 510 g/mol. The van der Waals surface area contributed by atoms with Crippen molar-refractivity contribution in [3.05, 3.63) is 76.5 Å². The highest BCUT2D eigenvalue weighted by atomic mass is 32.1. The third-order valence-electron chi connectivity index (χ3n) is 5.59. The van der Waals surface area contributed by atoms with E-state index in [4.69, 9.17) is 14.6 Å². The monoisotopic (exact) mass is 509 g/mol. The number of pyridine rings is 1. The molecule has 0 aliphatic heterocycles. The van der Waals surface area contributed by atoms with Crippen LogP contribution in [0.4, 0.5) is 4.39 Å². The molecular weight excluding hydrogens is 485 g/mol. The van der Waals surface area contributed by atoms with Gasteiger partial charge in [0.1, 0.15) is 18.1 Å². The topological polar surface area (TPSA) is 106 Å². The average Bonchev–Trinajstić information content (AvgIpc) is 3.35. The van der Waals surface area contributed by atoms with Crippen molar-refractivity contribution in [3.8, 4) is 22.8 Å². The van der Waals surface area contributed by atoms with Gasteiger partial charge in [-0.25, -0.2) is 9.37 Å². The molecule has 4 rings (SSSR count). The Morgan fingerprint density at radius 1 is 1.03 bits per heavy atom. The van der Waals surface area contributed by atoms with E-state index >= 15 is 0 Å². The summed E-state index contributed by atoms with van der Waals surface area (Å²) in [5.74, 6) is -0.185. The lowest BCUT2D eigenvalue weighted by molar-refractivity contribution is 0.0914. The van der Waals surface area contributed by atoms with Gasteiger partial charge in [-0.3, -0.25) is 9.59 Å². The molecule has 0 radical (unpaired) electrons. The van der Waals surface area contributed by atoms with E-state index in [9.17, 15) is 19.1 Å². The molecule has 0 atom stereocenters. The Bertz CT molecular complexity index is 1420. The van der Waals surface area contributed by atoms with E-state index in [-0.39, 0.29) is 55.7 Å². The molecule has 0 saturated carbocycles. The highest BCUT2D eigenvalue weighted by molar-refractivity contribution is 7.17. The van der Waals surface area contributed by atoms with E-state index < -0.39 is 0 Å². The number of aliphatic hydroxyl groups is 2. The van der Waals surface area contributed by atoms with Gasteiger partial charge in [-0.15, -0.1) is 11.3 Å². The van der Waals surface area contributed by atoms with Gasteiger partial charge in [0, 0.05) is 34.7 Å². The summed E-state index contributed by atoms with van der Waals surface area (Å²) in [4.78, 5) is 30.2. The molecule has 2 heterocycles. The number of methoxy groups -OCH3 is 1. The van der Waals surface area contributed by atoms with E-state index in [0.29, 0.717) is 44.0 Å². The van der Waals surface area contributed by atoms with Crippen LogP contribution in [0, 0.1) is 5.82 Å². The highest BCUT2D eigenvalue weighted by Gasteiger charge is 2.18. The van der Waals surface area contributed by atoms with Crippen LogP contribution < -0.4 is 9.47 Å². The molecule has 2 N–H and O–H groups in total. The number of benzene rings is 2. The molecule has 0 unspecified atom stereocenters. The van der Waals surface area contributed by atoms with Gasteiger partial charge in [0.15, 0.2) is 23.1 Å². The first-order valence-corrected chi connectivity index (χ1v) is 12.1. The molecule has 0 bridgehead atoms. The molecule has 0 spiro atoms. The van der Waals surface area contributed by atoms with Crippen LogP contribution in [0.1, 0.15) is 39.3 Å². The number of hydrogen-bond donors (Lipinski definition) is 2. The largest absolute Gasteiger partial charge is 0.493 e. The van der Waals surface area contributed by atoms with E-state index in [1.165, 1.54) is 36.6 Å². The van der Waals surface area contributed by atoms with Crippen LogP contribution in [0.3, 0.4) is 0 Å². The number of halogens is 1. The summed E-state index contributed by atoms with van der Waals surface area (Å²) < 4.78 is 25.3.